The van der Waals surface area contributed by atoms with Crippen LogP contribution in [0.25, 0.3) is 21.9 Å². The molecule has 7 nitrogen and oxygen atoms in total. The van der Waals surface area contributed by atoms with Crippen molar-refractivity contribution in [3.05, 3.63) is 70.4 Å². The zero-order chi connectivity index (χ0) is 21.4. The van der Waals surface area contributed by atoms with Gasteiger partial charge in [-0.15, -0.1) is 0 Å². The molecule has 1 aliphatic rings. The van der Waals surface area contributed by atoms with Gasteiger partial charge in [-0.2, -0.15) is 0 Å². The van der Waals surface area contributed by atoms with Crippen LogP contribution in [0.4, 0.5) is 5.69 Å². The lowest BCUT2D eigenvalue weighted by atomic mass is 10.1. The van der Waals surface area contributed by atoms with Crippen molar-refractivity contribution in [3.8, 4) is 0 Å². The molecule has 0 unspecified atom stereocenters. The molecule has 7 heteroatoms. The van der Waals surface area contributed by atoms with Crippen molar-refractivity contribution >= 4 is 33.6 Å². The Morgan fingerprint density at radius 1 is 1.13 bits per heavy atom. The maximum atomic E-state index is 13.0. The van der Waals surface area contributed by atoms with Gasteiger partial charge in [-0.3, -0.25) is 14.2 Å². The summed E-state index contributed by atoms with van der Waals surface area (Å²) in [5, 5.41) is 14.5. The van der Waals surface area contributed by atoms with E-state index in [-0.39, 0.29) is 18.0 Å². The van der Waals surface area contributed by atoms with Gasteiger partial charge >= 0.3 is 5.97 Å². The van der Waals surface area contributed by atoms with Crippen LogP contribution in [0.1, 0.15) is 43.0 Å². The van der Waals surface area contributed by atoms with Crippen molar-refractivity contribution in [3.63, 3.8) is 0 Å². The van der Waals surface area contributed by atoms with Gasteiger partial charge in [0.1, 0.15) is 29.2 Å². The van der Waals surface area contributed by atoms with E-state index in [0.29, 0.717) is 18.1 Å². The van der Waals surface area contributed by atoms with Crippen LogP contribution in [-0.2, 0) is 17.9 Å². The van der Waals surface area contributed by atoms with Gasteiger partial charge in [-0.25, -0.2) is 4.98 Å². The molecule has 1 saturated carbocycles. The largest absolute Gasteiger partial charge is 0.480 e. The molecule has 0 amide bonds. The highest BCUT2D eigenvalue weighted by atomic mass is 16.4. The molecule has 2 aromatic heterocycles. The SMILES string of the molecule is O=C(O)Cn1c(C2CCCC2)ncc(NCc2ccc3oc4ccccc4c3c2)c1=O. The van der Waals surface area contributed by atoms with E-state index in [1.807, 2.05) is 42.5 Å². The average molecular weight is 417 g/mol. The van der Waals surface area contributed by atoms with Gasteiger partial charge in [0.15, 0.2) is 0 Å². The molecule has 0 bridgehead atoms. The summed E-state index contributed by atoms with van der Waals surface area (Å²) in [4.78, 5) is 28.9. The maximum absolute atomic E-state index is 13.0. The summed E-state index contributed by atoms with van der Waals surface area (Å²) in [5.74, 6) is -0.308. The Hall–Kier alpha value is -3.61. The van der Waals surface area contributed by atoms with Crippen LogP contribution < -0.4 is 10.9 Å². The molecule has 0 aliphatic heterocycles. The fraction of sp³-hybridized carbons (Fsp3) is 0.292. The predicted molar refractivity (Wildman–Crippen MR) is 118 cm³/mol. The third kappa shape index (κ3) is 3.67. The molecular weight excluding hydrogens is 394 g/mol. The second-order valence-electron chi connectivity index (χ2n) is 8.08. The Kier molecular flexibility index (Phi) is 4.94. The first-order valence-electron chi connectivity index (χ1n) is 10.6. The van der Waals surface area contributed by atoms with Crippen LogP contribution in [0.3, 0.4) is 0 Å². The molecule has 2 heterocycles. The highest BCUT2D eigenvalue weighted by Crippen LogP contribution is 2.33. The van der Waals surface area contributed by atoms with Gasteiger partial charge in [-0.1, -0.05) is 37.1 Å². The number of benzene rings is 2. The summed E-state index contributed by atoms with van der Waals surface area (Å²) >= 11 is 0. The topological polar surface area (TPSA) is 97.4 Å². The van der Waals surface area contributed by atoms with Crippen molar-refractivity contribution in [2.24, 2.45) is 0 Å². The minimum absolute atomic E-state index is 0.151. The normalized spacial score (nSPS) is 14.5. The lowest BCUT2D eigenvalue weighted by Gasteiger charge is -2.17. The van der Waals surface area contributed by atoms with Gasteiger partial charge < -0.3 is 14.8 Å². The Balaban J connectivity index is 1.44. The highest BCUT2D eigenvalue weighted by Gasteiger charge is 2.24. The van der Waals surface area contributed by atoms with Gasteiger partial charge in [-0.05, 0) is 36.6 Å². The number of furan rings is 1. The van der Waals surface area contributed by atoms with E-state index in [9.17, 15) is 14.7 Å². The monoisotopic (exact) mass is 417 g/mol. The first-order valence-corrected chi connectivity index (χ1v) is 10.6. The van der Waals surface area contributed by atoms with Gasteiger partial charge in [0.2, 0.25) is 0 Å². The summed E-state index contributed by atoms with van der Waals surface area (Å²) < 4.78 is 7.18. The van der Waals surface area contributed by atoms with E-state index >= 15 is 0 Å². The number of para-hydroxylation sites is 1. The Bertz CT molecular complexity index is 1330. The summed E-state index contributed by atoms with van der Waals surface area (Å²) in [6.07, 6.45) is 5.59. The lowest BCUT2D eigenvalue weighted by Crippen LogP contribution is -2.31. The van der Waals surface area contributed by atoms with E-state index in [0.717, 1.165) is 53.2 Å². The highest BCUT2D eigenvalue weighted by molar-refractivity contribution is 6.04. The molecule has 5 rings (SSSR count). The van der Waals surface area contributed by atoms with Crippen molar-refractivity contribution in [1.82, 2.24) is 9.55 Å². The number of anilines is 1. The number of rotatable bonds is 6. The van der Waals surface area contributed by atoms with E-state index in [4.69, 9.17) is 4.42 Å². The van der Waals surface area contributed by atoms with Gasteiger partial charge in [0.25, 0.3) is 5.56 Å². The van der Waals surface area contributed by atoms with Crippen LogP contribution in [0.15, 0.2) is 57.9 Å². The lowest BCUT2D eigenvalue weighted by molar-refractivity contribution is -0.137. The molecular formula is C24H23N3O4. The van der Waals surface area contributed by atoms with Crippen molar-refractivity contribution in [2.45, 2.75) is 44.7 Å². The van der Waals surface area contributed by atoms with Gasteiger partial charge in [0, 0.05) is 23.2 Å². The first-order chi connectivity index (χ1) is 15.1. The summed E-state index contributed by atoms with van der Waals surface area (Å²) in [6.45, 7) is 0.0440. The van der Waals surface area contributed by atoms with E-state index < -0.39 is 5.97 Å². The third-order valence-corrected chi connectivity index (χ3v) is 6.02. The molecule has 4 aromatic rings. The van der Waals surface area contributed by atoms with Gasteiger partial charge in [0.05, 0.1) is 6.20 Å². The zero-order valence-corrected chi connectivity index (χ0v) is 17.0. The number of hydrogen-bond acceptors (Lipinski definition) is 5. The zero-order valence-electron chi connectivity index (χ0n) is 17.0. The summed E-state index contributed by atoms with van der Waals surface area (Å²) in [7, 11) is 0. The number of aliphatic carboxylic acids is 1. The summed E-state index contributed by atoms with van der Waals surface area (Å²) in [5.41, 5.74) is 2.61. The quantitative estimate of drug-likeness (QED) is 0.479. The molecule has 158 valence electrons. The van der Waals surface area contributed by atoms with E-state index in [1.165, 1.54) is 4.57 Å². The molecule has 0 radical (unpaired) electrons. The van der Waals surface area contributed by atoms with Crippen LogP contribution in [0.5, 0.6) is 0 Å². The first kappa shape index (κ1) is 19.4. The molecule has 1 aliphatic carbocycles. The van der Waals surface area contributed by atoms with Crippen LogP contribution in [0, 0.1) is 0 Å². The van der Waals surface area contributed by atoms with E-state index in [2.05, 4.69) is 10.3 Å². The number of nitrogens with one attached hydrogen (secondary N) is 1. The molecule has 0 saturated heterocycles. The molecule has 0 atom stereocenters. The fourth-order valence-corrected chi connectivity index (χ4v) is 4.50. The Morgan fingerprint density at radius 2 is 1.90 bits per heavy atom. The minimum Gasteiger partial charge on any atom is -0.480 e. The number of hydrogen-bond donors (Lipinski definition) is 2. The molecule has 0 spiro atoms. The average Bonchev–Trinajstić information content (AvgIpc) is 3.42. The van der Waals surface area contributed by atoms with Crippen molar-refractivity contribution < 1.29 is 14.3 Å². The Morgan fingerprint density at radius 3 is 2.71 bits per heavy atom. The third-order valence-electron chi connectivity index (χ3n) is 6.02. The van der Waals surface area contributed by atoms with Crippen LogP contribution in [-0.4, -0.2) is 20.6 Å². The predicted octanol–water partition coefficient (Wildman–Crippen LogP) is 4.50. The Labute approximate surface area is 178 Å². The number of carboxylic acids is 1. The molecule has 2 aromatic carbocycles. The standard InChI is InChI=1S/C24H23N3O4/c28-22(29)14-27-23(16-5-1-2-6-16)26-13-19(24(27)30)25-12-15-9-10-21-18(11-15)17-7-3-4-8-20(17)31-21/h3-4,7-11,13,16,25H,1-2,5-6,12,14H2,(H,28,29). The summed E-state index contributed by atoms with van der Waals surface area (Å²) in [6, 6.07) is 13.8. The van der Waals surface area contributed by atoms with Crippen LogP contribution in [0.2, 0.25) is 0 Å². The second kappa shape index (κ2) is 7.91. The number of carboxylic acid groups (broad SMARTS) is 1. The number of aromatic nitrogens is 2. The van der Waals surface area contributed by atoms with Crippen molar-refractivity contribution in [1.29, 1.82) is 0 Å². The molecule has 31 heavy (non-hydrogen) atoms. The molecule has 1 fully saturated rings. The number of carbonyl (C=O) groups is 1. The van der Waals surface area contributed by atoms with E-state index in [1.54, 1.807) is 6.20 Å². The minimum atomic E-state index is -1.04. The maximum Gasteiger partial charge on any atom is 0.323 e. The van der Waals surface area contributed by atoms with Crippen molar-refractivity contribution in [2.75, 3.05) is 5.32 Å². The van der Waals surface area contributed by atoms with Crippen LogP contribution >= 0.6 is 0 Å². The fourth-order valence-electron chi connectivity index (χ4n) is 4.50. The smallest absolute Gasteiger partial charge is 0.323 e. The number of fused-ring (bicyclic) bond motifs is 3. The second-order valence-corrected chi connectivity index (χ2v) is 8.08. The molecule has 2 N–H and O–H groups in total. The number of nitrogens with zero attached hydrogens (tertiary/aromatic N) is 2.